The van der Waals surface area contributed by atoms with Crippen LogP contribution in [0, 0.1) is 10.1 Å². The molecule has 5 rings (SSSR count). The van der Waals surface area contributed by atoms with Gasteiger partial charge >= 0.3 is 0 Å². The molecule has 3 heterocycles. The molecule has 4 aromatic rings. The molecular weight excluding hydrogens is 474 g/mol. The zero-order valence-electron chi connectivity index (χ0n) is 18.5. The maximum atomic E-state index is 13.0. The molecule has 2 aromatic carbocycles. The first-order valence-corrected chi connectivity index (χ1v) is 11.2. The number of benzene rings is 2. The molecule has 1 aliphatic rings. The van der Waals surface area contributed by atoms with Crippen LogP contribution in [0.4, 0.5) is 5.69 Å². The van der Waals surface area contributed by atoms with Crippen LogP contribution in [0.5, 0.6) is 0 Å². The number of nitrogens with zero attached hydrogens (tertiary/aromatic N) is 7. The van der Waals surface area contributed by atoms with Crippen LogP contribution in [0.15, 0.2) is 65.4 Å². The van der Waals surface area contributed by atoms with Crippen molar-refractivity contribution >= 4 is 23.2 Å². The highest BCUT2D eigenvalue weighted by Gasteiger charge is 2.24. The molecule has 0 N–H and O–H groups in total. The largest absolute Gasteiger partial charge is 0.338 e. The minimum atomic E-state index is -0.460. The van der Waals surface area contributed by atoms with Crippen LogP contribution >= 0.6 is 11.6 Å². The second-order valence-corrected chi connectivity index (χ2v) is 8.47. The van der Waals surface area contributed by atoms with E-state index in [0.717, 1.165) is 5.56 Å². The smallest absolute Gasteiger partial charge is 0.269 e. The molecule has 12 heteroatoms. The van der Waals surface area contributed by atoms with Crippen LogP contribution in [0.3, 0.4) is 0 Å². The van der Waals surface area contributed by atoms with Gasteiger partial charge in [-0.1, -0.05) is 16.8 Å². The summed E-state index contributed by atoms with van der Waals surface area (Å²) in [6.45, 7) is 2.95. The van der Waals surface area contributed by atoms with Gasteiger partial charge in [-0.25, -0.2) is 4.68 Å². The highest BCUT2D eigenvalue weighted by Crippen LogP contribution is 2.20. The van der Waals surface area contributed by atoms with E-state index in [1.54, 1.807) is 35.4 Å². The van der Waals surface area contributed by atoms with E-state index in [1.165, 1.54) is 23.0 Å². The lowest BCUT2D eigenvalue weighted by Gasteiger charge is -2.33. The maximum absolute atomic E-state index is 13.0. The molecule has 0 saturated carbocycles. The molecule has 0 spiro atoms. The average Bonchev–Trinajstić information content (AvgIpc) is 3.55. The van der Waals surface area contributed by atoms with Gasteiger partial charge in [0.1, 0.15) is 0 Å². The summed E-state index contributed by atoms with van der Waals surface area (Å²) >= 11 is 5.93. The lowest BCUT2D eigenvalue weighted by atomic mass is 10.2. The van der Waals surface area contributed by atoms with Gasteiger partial charge in [0.2, 0.25) is 11.7 Å². The molecule has 11 nitrogen and oxygen atoms in total. The van der Waals surface area contributed by atoms with Crippen LogP contribution < -0.4 is 0 Å². The van der Waals surface area contributed by atoms with Gasteiger partial charge in [-0.3, -0.25) is 19.8 Å². The van der Waals surface area contributed by atoms with Crippen molar-refractivity contribution < 1.29 is 14.2 Å². The standard InChI is InChI=1S/C23H20ClN7O4/c24-18-3-1-16(2-4-18)22-26-21(35-27-22)15-28-9-11-29(12-10-28)23(32)17-13-25-30(14-17)19-5-7-20(8-6-19)31(33)34/h1-8,13-14H,9-12,15H2. The Kier molecular flexibility index (Phi) is 6.25. The van der Waals surface area contributed by atoms with Crippen molar-refractivity contribution in [3.05, 3.63) is 87.5 Å². The van der Waals surface area contributed by atoms with E-state index in [9.17, 15) is 14.9 Å². The molecule has 0 radical (unpaired) electrons. The quantitative estimate of drug-likeness (QED) is 0.295. The molecule has 1 saturated heterocycles. The van der Waals surface area contributed by atoms with Gasteiger partial charge in [0.15, 0.2) is 0 Å². The molecule has 178 valence electrons. The first-order valence-electron chi connectivity index (χ1n) is 10.9. The third-order valence-corrected chi connectivity index (χ3v) is 6.00. The Morgan fingerprint density at radius 1 is 1.06 bits per heavy atom. The summed E-state index contributed by atoms with van der Waals surface area (Å²) in [6, 6.07) is 13.2. The molecule has 1 fully saturated rings. The number of aromatic nitrogens is 4. The van der Waals surface area contributed by atoms with Crippen LogP contribution in [0.1, 0.15) is 16.2 Å². The van der Waals surface area contributed by atoms with Crippen molar-refractivity contribution in [1.29, 1.82) is 0 Å². The number of carbonyl (C=O) groups excluding carboxylic acids is 1. The van der Waals surface area contributed by atoms with Crippen LogP contribution in [-0.4, -0.2) is 66.7 Å². The summed E-state index contributed by atoms with van der Waals surface area (Å²) < 4.78 is 6.93. The fourth-order valence-electron chi connectivity index (χ4n) is 3.82. The van der Waals surface area contributed by atoms with E-state index in [-0.39, 0.29) is 11.6 Å². The minimum Gasteiger partial charge on any atom is -0.338 e. The Bertz CT molecular complexity index is 1340. The number of nitro benzene ring substituents is 1. The van der Waals surface area contributed by atoms with Crippen molar-refractivity contribution in [2.24, 2.45) is 0 Å². The van der Waals surface area contributed by atoms with Crippen molar-refractivity contribution in [2.45, 2.75) is 6.54 Å². The zero-order chi connectivity index (χ0) is 24.4. The number of rotatable bonds is 6. The summed E-state index contributed by atoms with van der Waals surface area (Å²) in [6.07, 6.45) is 3.14. The summed E-state index contributed by atoms with van der Waals surface area (Å²) in [4.78, 5) is 31.7. The van der Waals surface area contributed by atoms with Gasteiger partial charge < -0.3 is 9.42 Å². The number of amides is 1. The number of piperazine rings is 1. The van der Waals surface area contributed by atoms with E-state index in [4.69, 9.17) is 16.1 Å². The molecule has 0 atom stereocenters. The van der Waals surface area contributed by atoms with E-state index in [0.29, 0.717) is 60.7 Å². The van der Waals surface area contributed by atoms with Gasteiger partial charge in [0, 0.05) is 55.1 Å². The molecule has 1 amide bonds. The van der Waals surface area contributed by atoms with E-state index >= 15 is 0 Å². The van der Waals surface area contributed by atoms with Gasteiger partial charge in [-0.15, -0.1) is 0 Å². The first-order chi connectivity index (χ1) is 17.0. The van der Waals surface area contributed by atoms with Gasteiger partial charge in [-0.2, -0.15) is 10.1 Å². The maximum Gasteiger partial charge on any atom is 0.269 e. The second kappa shape index (κ2) is 9.65. The van der Waals surface area contributed by atoms with Crippen molar-refractivity contribution in [1.82, 2.24) is 29.7 Å². The van der Waals surface area contributed by atoms with Gasteiger partial charge in [0.05, 0.1) is 28.9 Å². The Morgan fingerprint density at radius 2 is 1.77 bits per heavy atom. The van der Waals surface area contributed by atoms with Crippen molar-refractivity contribution in [2.75, 3.05) is 26.2 Å². The lowest BCUT2D eigenvalue weighted by molar-refractivity contribution is -0.384. The Labute approximate surface area is 204 Å². The van der Waals surface area contributed by atoms with E-state index in [2.05, 4.69) is 20.1 Å². The molecule has 2 aromatic heterocycles. The number of non-ortho nitro benzene ring substituents is 1. The third kappa shape index (κ3) is 5.05. The molecule has 35 heavy (non-hydrogen) atoms. The lowest BCUT2D eigenvalue weighted by Crippen LogP contribution is -2.48. The topological polar surface area (TPSA) is 123 Å². The summed E-state index contributed by atoms with van der Waals surface area (Å²) in [5.74, 6) is 0.912. The second-order valence-electron chi connectivity index (χ2n) is 8.03. The Morgan fingerprint density at radius 3 is 2.46 bits per heavy atom. The van der Waals surface area contributed by atoms with Crippen molar-refractivity contribution in [3.8, 4) is 17.1 Å². The predicted octanol–water partition coefficient (Wildman–Crippen LogP) is 3.44. The van der Waals surface area contributed by atoms with Gasteiger partial charge in [0.25, 0.3) is 11.6 Å². The summed E-state index contributed by atoms with van der Waals surface area (Å²) in [7, 11) is 0. The SMILES string of the molecule is O=C(c1cnn(-c2ccc([N+](=O)[O-])cc2)c1)N1CCN(Cc2nc(-c3ccc(Cl)cc3)no2)CC1. The fraction of sp³-hybridized carbons (Fsp3) is 0.217. The van der Waals surface area contributed by atoms with Gasteiger partial charge in [-0.05, 0) is 36.4 Å². The Hall–Kier alpha value is -4.09. The minimum absolute atomic E-state index is 0.00295. The average molecular weight is 494 g/mol. The Balaban J connectivity index is 1.16. The third-order valence-electron chi connectivity index (χ3n) is 5.74. The van der Waals surface area contributed by atoms with Crippen LogP contribution in [0.25, 0.3) is 17.1 Å². The fourth-order valence-corrected chi connectivity index (χ4v) is 3.95. The normalized spacial score (nSPS) is 14.3. The number of hydrogen-bond donors (Lipinski definition) is 0. The monoisotopic (exact) mass is 493 g/mol. The molecule has 0 bridgehead atoms. The predicted molar refractivity (Wildman–Crippen MR) is 126 cm³/mol. The highest BCUT2D eigenvalue weighted by atomic mass is 35.5. The molecular formula is C23H20ClN7O4. The first kappa shape index (κ1) is 22.7. The molecule has 1 aliphatic heterocycles. The van der Waals surface area contributed by atoms with Crippen molar-refractivity contribution in [3.63, 3.8) is 0 Å². The van der Waals surface area contributed by atoms with Crippen LogP contribution in [0.2, 0.25) is 5.02 Å². The van der Waals surface area contributed by atoms with E-state index in [1.807, 2.05) is 12.1 Å². The number of carbonyl (C=O) groups is 1. The summed E-state index contributed by atoms with van der Waals surface area (Å²) in [5.41, 5.74) is 1.92. The highest BCUT2D eigenvalue weighted by molar-refractivity contribution is 6.30. The molecule has 0 unspecified atom stereocenters. The zero-order valence-corrected chi connectivity index (χ0v) is 19.2. The van der Waals surface area contributed by atoms with E-state index < -0.39 is 4.92 Å². The summed E-state index contributed by atoms with van der Waals surface area (Å²) in [5, 5.41) is 19.7. The number of hydrogen-bond acceptors (Lipinski definition) is 8. The molecule has 0 aliphatic carbocycles. The number of halogens is 1. The number of nitro groups is 1. The van der Waals surface area contributed by atoms with Crippen LogP contribution in [-0.2, 0) is 6.54 Å².